The molecule has 0 aliphatic carbocycles. The van der Waals surface area contributed by atoms with Crippen LogP contribution in [0, 0.1) is 0 Å². The van der Waals surface area contributed by atoms with Gasteiger partial charge in [-0.3, -0.25) is 0 Å². The standard InChI is InChI=1S/C13H15NO4S/c1-4-9-7-5-6-8-14(9)10(12(15)17-2)11(19)13(16)18-3/h5-8H,4H2,1-3H3/p+1. The molecular weight excluding hydrogens is 266 g/mol. The van der Waals surface area contributed by atoms with Crippen molar-refractivity contribution in [3.05, 3.63) is 35.0 Å². The van der Waals surface area contributed by atoms with E-state index in [4.69, 9.17) is 4.74 Å². The van der Waals surface area contributed by atoms with Gasteiger partial charge in [0.15, 0.2) is 16.8 Å². The second kappa shape index (κ2) is 6.94. The van der Waals surface area contributed by atoms with E-state index >= 15 is 0 Å². The highest BCUT2D eigenvalue weighted by Crippen LogP contribution is 2.13. The maximum absolute atomic E-state index is 11.9. The third-order valence-electron chi connectivity index (χ3n) is 2.53. The van der Waals surface area contributed by atoms with Crippen LogP contribution in [-0.4, -0.2) is 26.2 Å². The lowest BCUT2D eigenvalue weighted by molar-refractivity contribution is -0.587. The molecule has 0 atom stereocenters. The Morgan fingerprint density at radius 2 is 1.84 bits per heavy atom. The first kappa shape index (κ1) is 15.2. The predicted molar refractivity (Wildman–Crippen MR) is 72.2 cm³/mol. The van der Waals surface area contributed by atoms with Crippen LogP contribution in [0.3, 0.4) is 0 Å². The van der Waals surface area contributed by atoms with Gasteiger partial charge in [-0.1, -0.05) is 13.0 Å². The fourth-order valence-corrected chi connectivity index (χ4v) is 1.87. The Bertz CT molecular complexity index is 525. The van der Waals surface area contributed by atoms with Crippen LogP contribution in [0.4, 0.5) is 0 Å². The van der Waals surface area contributed by atoms with Crippen LogP contribution in [-0.2, 0) is 25.5 Å². The summed E-state index contributed by atoms with van der Waals surface area (Å²) in [6.45, 7) is 1.94. The summed E-state index contributed by atoms with van der Waals surface area (Å²) in [6.07, 6.45) is 2.35. The lowest BCUT2D eigenvalue weighted by Crippen LogP contribution is -2.41. The highest BCUT2D eigenvalue weighted by molar-refractivity contribution is 7.85. The molecule has 102 valence electrons. The molecule has 0 unspecified atom stereocenters. The molecule has 0 aromatic carbocycles. The molecule has 6 heteroatoms. The average Bonchev–Trinajstić information content (AvgIpc) is 2.46. The number of rotatable bonds is 4. The molecule has 5 nitrogen and oxygen atoms in total. The summed E-state index contributed by atoms with van der Waals surface area (Å²) in [5.74, 6) is -1.34. The maximum atomic E-state index is 11.9. The van der Waals surface area contributed by atoms with E-state index in [0.29, 0.717) is 6.42 Å². The van der Waals surface area contributed by atoms with E-state index in [0.717, 1.165) is 5.69 Å². The fourth-order valence-electron chi connectivity index (χ4n) is 1.58. The molecule has 0 spiro atoms. The molecule has 1 rings (SSSR count). The van der Waals surface area contributed by atoms with Crippen LogP contribution in [0.2, 0.25) is 0 Å². The van der Waals surface area contributed by atoms with Crippen molar-refractivity contribution in [1.82, 2.24) is 0 Å². The molecule has 0 aliphatic rings. The molecule has 0 saturated carbocycles. The Balaban J connectivity index is 3.49. The number of methoxy groups -OCH3 is 2. The van der Waals surface area contributed by atoms with Gasteiger partial charge in [-0.05, 0) is 0 Å². The number of nitrogens with zero attached hydrogens (tertiary/aromatic N) is 1. The number of aromatic nitrogens is 1. The van der Waals surface area contributed by atoms with Crippen molar-refractivity contribution in [2.75, 3.05) is 14.2 Å². The summed E-state index contributed by atoms with van der Waals surface area (Å²) in [5, 5.41) is 0. The van der Waals surface area contributed by atoms with Crippen molar-refractivity contribution >= 4 is 30.3 Å². The normalized spacial score (nSPS) is 11.6. The second-order valence-electron chi connectivity index (χ2n) is 3.60. The van der Waals surface area contributed by atoms with E-state index in [1.165, 1.54) is 14.2 Å². The zero-order chi connectivity index (χ0) is 14.4. The highest BCUT2D eigenvalue weighted by Gasteiger charge is 2.31. The van der Waals surface area contributed by atoms with E-state index in [9.17, 15) is 9.59 Å². The summed E-state index contributed by atoms with van der Waals surface area (Å²) in [4.78, 5) is 23.4. The molecule has 0 bridgehead atoms. The van der Waals surface area contributed by atoms with Crippen molar-refractivity contribution in [3.63, 3.8) is 0 Å². The first-order chi connectivity index (χ1) is 9.06. The van der Waals surface area contributed by atoms with Gasteiger partial charge in [0.2, 0.25) is 0 Å². The van der Waals surface area contributed by atoms with Crippen LogP contribution in [0.25, 0.3) is 5.70 Å². The average molecular weight is 282 g/mol. The van der Waals surface area contributed by atoms with Gasteiger partial charge in [-0.2, -0.15) is 4.57 Å². The number of pyridine rings is 1. The van der Waals surface area contributed by atoms with Gasteiger partial charge < -0.3 is 9.47 Å². The number of thiol groups is 1. The number of carbonyl (C=O) groups excluding carboxylic acids is 2. The van der Waals surface area contributed by atoms with Crippen LogP contribution in [0.5, 0.6) is 0 Å². The summed E-state index contributed by atoms with van der Waals surface area (Å²) < 4.78 is 10.9. The molecule has 0 fully saturated rings. The molecular formula is C13H16NO4S+. The summed E-state index contributed by atoms with van der Waals surface area (Å²) in [6, 6.07) is 5.45. The Labute approximate surface area is 117 Å². The monoisotopic (exact) mass is 282 g/mol. The van der Waals surface area contributed by atoms with Crippen LogP contribution >= 0.6 is 12.6 Å². The number of esters is 2. The highest BCUT2D eigenvalue weighted by atomic mass is 32.1. The minimum atomic E-state index is -0.692. The van der Waals surface area contributed by atoms with E-state index in [1.54, 1.807) is 16.8 Å². The largest absolute Gasteiger partial charge is 0.465 e. The van der Waals surface area contributed by atoms with Gasteiger partial charge in [-0.25, -0.2) is 9.59 Å². The van der Waals surface area contributed by atoms with Gasteiger partial charge in [0.25, 0.3) is 0 Å². The summed E-state index contributed by atoms with van der Waals surface area (Å²) in [5.41, 5.74) is 0.883. The van der Waals surface area contributed by atoms with E-state index < -0.39 is 11.9 Å². The Kier molecular flexibility index (Phi) is 5.57. The van der Waals surface area contributed by atoms with Crippen molar-refractivity contribution in [1.29, 1.82) is 0 Å². The number of carbonyl (C=O) groups is 2. The summed E-state index contributed by atoms with van der Waals surface area (Å²) in [7, 11) is 2.47. The molecule has 0 N–H and O–H groups in total. The SMILES string of the molecule is CCc1cccc[n+]1/C(C(=O)OC)=C(\S)C(=O)OC. The fraction of sp³-hybridized carbons (Fsp3) is 0.308. The number of hydrogen-bond acceptors (Lipinski definition) is 5. The third-order valence-corrected chi connectivity index (χ3v) is 2.92. The minimum absolute atomic E-state index is 0.0372. The predicted octanol–water partition coefficient (Wildman–Crippen LogP) is 0.981. The number of ether oxygens (including phenoxy) is 2. The maximum Gasteiger partial charge on any atom is 0.405 e. The molecule has 1 heterocycles. The minimum Gasteiger partial charge on any atom is -0.465 e. The molecule has 0 aliphatic heterocycles. The first-order valence-corrected chi connectivity index (χ1v) is 6.11. The molecule has 1 aromatic rings. The van der Waals surface area contributed by atoms with Gasteiger partial charge in [0.05, 0.1) is 14.2 Å². The van der Waals surface area contributed by atoms with Gasteiger partial charge in [0.1, 0.15) is 0 Å². The Morgan fingerprint density at radius 1 is 1.21 bits per heavy atom. The van der Waals surface area contributed by atoms with E-state index in [-0.39, 0.29) is 10.6 Å². The van der Waals surface area contributed by atoms with Crippen molar-refractivity contribution in [2.45, 2.75) is 13.3 Å². The Hall–Kier alpha value is -1.82. The van der Waals surface area contributed by atoms with E-state index in [1.807, 2.05) is 19.1 Å². The van der Waals surface area contributed by atoms with Gasteiger partial charge in [-0.15, -0.1) is 12.6 Å². The van der Waals surface area contributed by atoms with Crippen LogP contribution in [0.1, 0.15) is 12.6 Å². The zero-order valence-corrected chi connectivity index (χ0v) is 11.9. The number of aryl methyl sites for hydroxylation is 1. The molecule has 19 heavy (non-hydrogen) atoms. The Morgan fingerprint density at radius 3 is 2.37 bits per heavy atom. The van der Waals surface area contributed by atoms with Crippen LogP contribution in [0.15, 0.2) is 29.3 Å². The van der Waals surface area contributed by atoms with E-state index in [2.05, 4.69) is 17.4 Å². The van der Waals surface area contributed by atoms with Crippen LogP contribution < -0.4 is 4.57 Å². The smallest absolute Gasteiger partial charge is 0.405 e. The molecule has 0 radical (unpaired) electrons. The molecule has 0 amide bonds. The van der Waals surface area contributed by atoms with Gasteiger partial charge >= 0.3 is 17.6 Å². The lowest BCUT2D eigenvalue weighted by atomic mass is 10.2. The van der Waals surface area contributed by atoms with Crippen molar-refractivity contribution < 1.29 is 23.6 Å². The lowest BCUT2D eigenvalue weighted by Gasteiger charge is -2.06. The third kappa shape index (κ3) is 3.35. The van der Waals surface area contributed by atoms with Crippen molar-refractivity contribution in [2.24, 2.45) is 0 Å². The summed E-state index contributed by atoms with van der Waals surface area (Å²) >= 11 is 4.07. The van der Waals surface area contributed by atoms with Crippen molar-refractivity contribution in [3.8, 4) is 0 Å². The number of hydrogen-bond donors (Lipinski definition) is 1. The van der Waals surface area contributed by atoms with Gasteiger partial charge in [0, 0.05) is 18.6 Å². The first-order valence-electron chi connectivity index (χ1n) is 5.66. The molecule has 0 saturated heterocycles. The topological polar surface area (TPSA) is 56.5 Å². The molecule has 1 aromatic heterocycles. The quantitative estimate of drug-likeness (QED) is 0.387. The zero-order valence-electron chi connectivity index (χ0n) is 11.0. The second-order valence-corrected chi connectivity index (χ2v) is 4.04.